The van der Waals surface area contributed by atoms with Gasteiger partial charge in [0.25, 0.3) is 5.69 Å². The van der Waals surface area contributed by atoms with Crippen molar-refractivity contribution in [1.82, 2.24) is 0 Å². The summed E-state index contributed by atoms with van der Waals surface area (Å²) in [5.41, 5.74) is 0.312. The average molecular weight is 602 g/mol. The van der Waals surface area contributed by atoms with Gasteiger partial charge in [0.05, 0.1) is 35.2 Å². The van der Waals surface area contributed by atoms with Gasteiger partial charge >= 0.3 is 5.97 Å². The van der Waals surface area contributed by atoms with Crippen LogP contribution < -0.4 is 9.64 Å². The Bertz CT molecular complexity index is 1580. The summed E-state index contributed by atoms with van der Waals surface area (Å²) in [4.78, 5) is 41.0. The smallest absolute Gasteiger partial charge is 0.329 e. The number of benzene rings is 3. The second-order valence-corrected chi connectivity index (χ2v) is 10.3. The van der Waals surface area contributed by atoms with E-state index in [1.807, 2.05) is 35.2 Å². The molecule has 2 aliphatic rings. The van der Waals surface area contributed by atoms with E-state index in [1.54, 1.807) is 31.2 Å². The van der Waals surface area contributed by atoms with E-state index in [-0.39, 0.29) is 18.1 Å². The molecule has 2 aliphatic heterocycles. The second-order valence-electron chi connectivity index (χ2n) is 9.46. The van der Waals surface area contributed by atoms with Gasteiger partial charge in [-0.25, -0.2) is 0 Å². The van der Waals surface area contributed by atoms with E-state index in [0.717, 1.165) is 5.56 Å². The fourth-order valence-electron chi connectivity index (χ4n) is 5.78. The van der Waals surface area contributed by atoms with Crippen molar-refractivity contribution in [1.29, 1.82) is 5.26 Å². The molecule has 10 heteroatoms. The lowest BCUT2D eigenvalue weighted by Crippen LogP contribution is -2.47. The minimum Gasteiger partial charge on any atom is -0.496 e. The molecule has 4 atom stereocenters. The number of ketones is 1. The van der Waals surface area contributed by atoms with E-state index >= 15 is 0 Å². The van der Waals surface area contributed by atoms with Crippen LogP contribution in [0, 0.1) is 26.9 Å². The van der Waals surface area contributed by atoms with Crippen LogP contribution in [-0.4, -0.2) is 42.5 Å². The van der Waals surface area contributed by atoms with Crippen molar-refractivity contribution in [3.8, 4) is 11.8 Å². The van der Waals surface area contributed by atoms with Crippen LogP contribution in [0.25, 0.3) is 6.08 Å². The fourth-order valence-corrected chi connectivity index (χ4v) is 6.33. The summed E-state index contributed by atoms with van der Waals surface area (Å²) >= 11 is 3.45. The molecule has 0 unspecified atom stereocenters. The molecule has 2 heterocycles. The maximum atomic E-state index is 14.5. The number of Topliss-reactive ketones (excluding diaryl/α,β-unsaturated/α-hetero) is 1. The van der Waals surface area contributed by atoms with E-state index in [0.29, 0.717) is 27.0 Å². The third kappa shape index (κ3) is 4.14. The van der Waals surface area contributed by atoms with Gasteiger partial charge in [0.15, 0.2) is 11.2 Å². The number of anilines is 1. The topological polar surface area (TPSA) is 123 Å². The van der Waals surface area contributed by atoms with Gasteiger partial charge in [-0.05, 0) is 58.2 Å². The maximum absolute atomic E-state index is 14.5. The van der Waals surface area contributed by atoms with Crippen LogP contribution in [0.15, 0.2) is 77.3 Å². The molecule has 1 saturated heterocycles. The van der Waals surface area contributed by atoms with Crippen molar-refractivity contribution in [2.75, 3.05) is 18.6 Å². The summed E-state index contributed by atoms with van der Waals surface area (Å²) in [6.07, 6.45) is 3.60. The highest BCUT2D eigenvalue weighted by atomic mass is 79.9. The standard InChI is InChI=1S/C30H24BrN3O6/c1-3-40-29(36)30(17-32)25-15-11-18-6-4-5-7-23(18)33(25)27(26(30)19-8-12-21(13-9-19)34(37)38)28(35)20-10-14-24(39-2)22(31)16-20/h4-16,25-27H,3H2,1-2H3/t25-,26-,27-,30+/m1/s1. The zero-order chi connectivity index (χ0) is 28.6. The van der Waals surface area contributed by atoms with Crippen molar-refractivity contribution in [2.45, 2.75) is 24.9 Å². The van der Waals surface area contributed by atoms with Crippen molar-refractivity contribution in [2.24, 2.45) is 5.41 Å². The summed E-state index contributed by atoms with van der Waals surface area (Å²) in [6.45, 7) is 1.69. The molecular weight excluding hydrogens is 578 g/mol. The second kappa shape index (κ2) is 10.6. The quantitative estimate of drug-likeness (QED) is 0.146. The van der Waals surface area contributed by atoms with Crippen molar-refractivity contribution >= 4 is 45.1 Å². The highest BCUT2D eigenvalue weighted by Crippen LogP contribution is 2.56. The number of halogens is 1. The first-order valence-electron chi connectivity index (χ1n) is 12.5. The first-order valence-corrected chi connectivity index (χ1v) is 13.3. The molecule has 9 nitrogen and oxygen atoms in total. The van der Waals surface area contributed by atoms with Gasteiger partial charge in [0, 0.05) is 29.3 Å². The Labute approximate surface area is 238 Å². The summed E-state index contributed by atoms with van der Waals surface area (Å²) in [5, 5.41) is 22.2. The van der Waals surface area contributed by atoms with Gasteiger partial charge in [0.1, 0.15) is 11.8 Å². The largest absolute Gasteiger partial charge is 0.496 e. The Balaban J connectivity index is 1.79. The Morgan fingerprint density at radius 3 is 2.50 bits per heavy atom. The number of rotatable bonds is 7. The lowest BCUT2D eigenvalue weighted by atomic mass is 9.68. The van der Waals surface area contributed by atoms with Crippen molar-refractivity contribution in [3.05, 3.63) is 104 Å². The molecule has 0 N–H and O–H groups in total. The van der Waals surface area contributed by atoms with Gasteiger partial charge in [-0.1, -0.05) is 42.5 Å². The number of hydrogen-bond acceptors (Lipinski definition) is 8. The molecule has 0 spiro atoms. The Morgan fingerprint density at radius 2 is 1.88 bits per heavy atom. The van der Waals surface area contributed by atoms with Crippen LogP contribution in [0.2, 0.25) is 0 Å². The van der Waals surface area contributed by atoms with Crippen LogP contribution >= 0.6 is 15.9 Å². The third-order valence-corrected chi connectivity index (χ3v) is 8.13. The predicted molar refractivity (Wildman–Crippen MR) is 151 cm³/mol. The van der Waals surface area contributed by atoms with E-state index in [9.17, 15) is 25.0 Å². The predicted octanol–water partition coefficient (Wildman–Crippen LogP) is 5.69. The lowest BCUT2D eigenvalue weighted by Gasteiger charge is -2.36. The number of ether oxygens (including phenoxy) is 2. The molecule has 40 heavy (non-hydrogen) atoms. The number of non-ortho nitro benzene ring substituents is 1. The molecule has 3 aromatic rings. The van der Waals surface area contributed by atoms with Gasteiger partial charge < -0.3 is 14.4 Å². The number of carbonyl (C=O) groups is 2. The minimum absolute atomic E-state index is 0.0340. The number of fused-ring (bicyclic) bond motifs is 3. The first kappa shape index (κ1) is 27.1. The molecule has 0 aromatic heterocycles. The SMILES string of the molecule is CCOC(=O)[C@]1(C#N)[C@H](c2ccc([N+](=O)[O-])cc2)[C@H](C(=O)c2ccc(OC)c(Br)c2)N2c3ccccc3C=C[C@@H]21. The molecule has 0 saturated carbocycles. The maximum Gasteiger partial charge on any atom is 0.329 e. The van der Waals surface area contributed by atoms with E-state index in [1.165, 1.54) is 31.4 Å². The number of carbonyl (C=O) groups excluding carboxylic acids is 2. The molecule has 0 aliphatic carbocycles. The number of nitro benzene ring substituents is 1. The Kier molecular flexibility index (Phi) is 7.17. The van der Waals surface area contributed by atoms with Gasteiger partial charge in [0.2, 0.25) is 0 Å². The Hall–Kier alpha value is -4.49. The monoisotopic (exact) mass is 601 g/mol. The lowest BCUT2D eigenvalue weighted by molar-refractivity contribution is -0.384. The summed E-state index contributed by atoms with van der Waals surface area (Å²) in [6, 6.07) is 18.4. The van der Waals surface area contributed by atoms with Gasteiger partial charge in [-0.3, -0.25) is 19.7 Å². The van der Waals surface area contributed by atoms with E-state index in [2.05, 4.69) is 22.0 Å². The summed E-state index contributed by atoms with van der Waals surface area (Å²) in [5.74, 6) is -1.57. The highest BCUT2D eigenvalue weighted by molar-refractivity contribution is 9.10. The molecule has 5 rings (SSSR count). The first-order chi connectivity index (χ1) is 19.3. The number of methoxy groups -OCH3 is 1. The van der Waals surface area contributed by atoms with Crippen LogP contribution in [0.3, 0.4) is 0 Å². The fraction of sp³-hybridized carbons (Fsp3) is 0.233. The zero-order valence-corrected chi connectivity index (χ0v) is 23.2. The van der Waals surface area contributed by atoms with Gasteiger partial charge in [-0.15, -0.1) is 0 Å². The van der Waals surface area contributed by atoms with E-state index < -0.39 is 34.3 Å². The average Bonchev–Trinajstić information content (AvgIpc) is 3.28. The van der Waals surface area contributed by atoms with E-state index in [4.69, 9.17) is 9.47 Å². The van der Waals surface area contributed by atoms with Crippen molar-refractivity contribution in [3.63, 3.8) is 0 Å². The number of nitro groups is 1. The summed E-state index contributed by atoms with van der Waals surface area (Å²) < 4.78 is 11.4. The van der Waals surface area contributed by atoms with Crippen LogP contribution in [0.1, 0.15) is 34.3 Å². The molecule has 0 bridgehead atoms. The Morgan fingerprint density at radius 1 is 1.15 bits per heavy atom. The molecule has 202 valence electrons. The van der Waals surface area contributed by atoms with Crippen LogP contribution in [-0.2, 0) is 9.53 Å². The normalized spacial score (nSPS) is 22.6. The van der Waals surface area contributed by atoms with Crippen molar-refractivity contribution < 1.29 is 24.0 Å². The van der Waals surface area contributed by atoms with Gasteiger partial charge in [-0.2, -0.15) is 5.26 Å². The molecule has 3 aromatic carbocycles. The molecule has 0 radical (unpaired) electrons. The number of esters is 1. The van der Waals surface area contributed by atoms with Crippen LogP contribution in [0.4, 0.5) is 11.4 Å². The van der Waals surface area contributed by atoms with Crippen LogP contribution in [0.5, 0.6) is 5.75 Å². The molecular formula is C30H24BrN3O6. The third-order valence-electron chi connectivity index (χ3n) is 7.51. The highest BCUT2D eigenvalue weighted by Gasteiger charge is 2.67. The summed E-state index contributed by atoms with van der Waals surface area (Å²) in [7, 11) is 1.52. The minimum atomic E-state index is -1.83. The molecule has 1 fully saturated rings. The number of para-hydroxylation sites is 1. The number of nitriles is 1. The number of hydrogen-bond donors (Lipinski definition) is 0. The zero-order valence-electron chi connectivity index (χ0n) is 21.6. The molecule has 0 amide bonds. The number of nitrogens with zero attached hydrogens (tertiary/aromatic N) is 3.